The van der Waals surface area contributed by atoms with E-state index in [0.29, 0.717) is 13.1 Å². The first kappa shape index (κ1) is 15.1. The average molecular weight is 319 g/mol. The van der Waals surface area contributed by atoms with Crippen LogP contribution in [-0.4, -0.2) is 54.0 Å². The molecule has 2 saturated heterocycles. The van der Waals surface area contributed by atoms with E-state index >= 15 is 0 Å². The van der Waals surface area contributed by atoms with Crippen LogP contribution in [0.15, 0.2) is 18.2 Å². The second kappa shape index (κ2) is 6.52. The summed E-state index contributed by atoms with van der Waals surface area (Å²) in [6, 6.07) is 4.23. The smallest absolute Gasteiger partial charge is 0.317 e. The number of thiophene rings is 1. The highest BCUT2D eigenvalue weighted by atomic mass is 32.1. The Morgan fingerprint density at radius 2 is 2.27 bits per heavy atom. The van der Waals surface area contributed by atoms with Crippen LogP contribution in [0.3, 0.4) is 0 Å². The van der Waals surface area contributed by atoms with Crippen molar-refractivity contribution in [2.45, 2.75) is 25.8 Å². The SMILES string of the molecule is Cc1ccc(/C=C/C(=O)N2CCCC(N3CCNC3=O)C2)s1. The highest BCUT2D eigenvalue weighted by molar-refractivity contribution is 7.12. The molecule has 0 aliphatic carbocycles. The molecule has 118 valence electrons. The van der Waals surface area contributed by atoms with Crippen LogP contribution in [0.4, 0.5) is 4.79 Å². The second-order valence-electron chi connectivity index (χ2n) is 5.79. The summed E-state index contributed by atoms with van der Waals surface area (Å²) in [5.41, 5.74) is 0. The van der Waals surface area contributed by atoms with Crippen molar-refractivity contribution in [3.8, 4) is 0 Å². The monoisotopic (exact) mass is 319 g/mol. The van der Waals surface area contributed by atoms with Gasteiger partial charge in [-0.05, 0) is 38.0 Å². The predicted molar refractivity (Wildman–Crippen MR) is 87.8 cm³/mol. The number of likely N-dealkylation sites (tertiary alicyclic amines) is 1. The van der Waals surface area contributed by atoms with Gasteiger partial charge >= 0.3 is 6.03 Å². The van der Waals surface area contributed by atoms with Crippen LogP contribution >= 0.6 is 11.3 Å². The van der Waals surface area contributed by atoms with E-state index in [-0.39, 0.29) is 18.0 Å². The molecule has 0 saturated carbocycles. The first-order chi connectivity index (χ1) is 10.6. The molecule has 0 radical (unpaired) electrons. The zero-order chi connectivity index (χ0) is 15.5. The Balaban J connectivity index is 1.60. The lowest BCUT2D eigenvalue weighted by atomic mass is 10.0. The normalized spacial score (nSPS) is 22.4. The molecule has 2 fully saturated rings. The molecule has 1 unspecified atom stereocenters. The molecule has 3 amide bonds. The Morgan fingerprint density at radius 1 is 1.41 bits per heavy atom. The van der Waals surface area contributed by atoms with E-state index in [1.807, 2.05) is 21.9 Å². The molecule has 1 aromatic heterocycles. The number of amides is 3. The average Bonchev–Trinajstić information content (AvgIpc) is 3.13. The highest BCUT2D eigenvalue weighted by Gasteiger charge is 2.32. The quantitative estimate of drug-likeness (QED) is 0.867. The molecule has 22 heavy (non-hydrogen) atoms. The first-order valence-electron chi connectivity index (χ1n) is 7.71. The van der Waals surface area contributed by atoms with Gasteiger partial charge < -0.3 is 15.1 Å². The summed E-state index contributed by atoms with van der Waals surface area (Å²) >= 11 is 1.68. The summed E-state index contributed by atoms with van der Waals surface area (Å²) in [7, 11) is 0. The van der Waals surface area contributed by atoms with Crippen LogP contribution in [0.2, 0.25) is 0 Å². The molecule has 0 aromatic carbocycles. The van der Waals surface area contributed by atoms with Gasteiger partial charge in [-0.2, -0.15) is 0 Å². The van der Waals surface area contributed by atoms with Gasteiger partial charge in [0.2, 0.25) is 5.91 Å². The van der Waals surface area contributed by atoms with E-state index in [0.717, 1.165) is 30.8 Å². The largest absolute Gasteiger partial charge is 0.337 e. The van der Waals surface area contributed by atoms with E-state index in [9.17, 15) is 9.59 Å². The number of urea groups is 1. The van der Waals surface area contributed by atoms with Gasteiger partial charge in [0.1, 0.15) is 0 Å². The van der Waals surface area contributed by atoms with Gasteiger partial charge in [0.25, 0.3) is 0 Å². The van der Waals surface area contributed by atoms with Crippen molar-refractivity contribution in [3.63, 3.8) is 0 Å². The Bertz CT molecular complexity index is 596. The minimum Gasteiger partial charge on any atom is -0.337 e. The second-order valence-corrected chi connectivity index (χ2v) is 7.11. The number of carbonyl (C=O) groups excluding carboxylic acids is 2. The van der Waals surface area contributed by atoms with E-state index < -0.39 is 0 Å². The van der Waals surface area contributed by atoms with Crippen molar-refractivity contribution in [1.29, 1.82) is 0 Å². The molecular formula is C16H21N3O2S. The molecule has 0 spiro atoms. The maximum Gasteiger partial charge on any atom is 0.317 e. The fourth-order valence-electron chi connectivity index (χ4n) is 3.05. The topological polar surface area (TPSA) is 52.7 Å². The van der Waals surface area contributed by atoms with Gasteiger partial charge in [-0.3, -0.25) is 4.79 Å². The van der Waals surface area contributed by atoms with Crippen LogP contribution < -0.4 is 5.32 Å². The fraction of sp³-hybridized carbons (Fsp3) is 0.500. The first-order valence-corrected chi connectivity index (χ1v) is 8.53. The van der Waals surface area contributed by atoms with E-state index in [4.69, 9.17) is 0 Å². The molecule has 1 aromatic rings. The number of nitrogens with zero attached hydrogens (tertiary/aromatic N) is 2. The van der Waals surface area contributed by atoms with Gasteiger partial charge in [-0.15, -0.1) is 11.3 Å². The molecule has 3 heterocycles. The maximum absolute atomic E-state index is 12.3. The highest BCUT2D eigenvalue weighted by Crippen LogP contribution is 2.19. The summed E-state index contributed by atoms with van der Waals surface area (Å²) in [5, 5.41) is 2.83. The van der Waals surface area contributed by atoms with Gasteiger partial charge in [0.05, 0.1) is 6.04 Å². The summed E-state index contributed by atoms with van der Waals surface area (Å²) in [5.74, 6) is 0.0374. The fourth-order valence-corrected chi connectivity index (χ4v) is 3.83. The van der Waals surface area contributed by atoms with Crippen LogP contribution in [0.25, 0.3) is 6.08 Å². The molecule has 5 nitrogen and oxygen atoms in total. The van der Waals surface area contributed by atoms with Crippen molar-refractivity contribution in [1.82, 2.24) is 15.1 Å². The van der Waals surface area contributed by atoms with Crippen molar-refractivity contribution >= 4 is 29.4 Å². The van der Waals surface area contributed by atoms with Crippen LogP contribution in [0, 0.1) is 6.92 Å². The number of nitrogens with one attached hydrogen (secondary N) is 1. The number of hydrogen-bond acceptors (Lipinski definition) is 3. The molecule has 2 aliphatic rings. The number of rotatable bonds is 3. The molecule has 0 bridgehead atoms. The summed E-state index contributed by atoms with van der Waals surface area (Å²) < 4.78 is 0. The van der Waals surface area contributed by atoms with Crippen molar-refractivity contribution < 1.29 is 9.59 Å². The third-order valence-electron chi connectivity index (χ3n) is 4.19. The van der Waals surface area contributed by atoms with Gasteiger partial charge in [-0.1, -0.05) is 0 Å². The van der Waals surface area contributed by atoms with Crippen LogP contribution in [-0.2, 0) is 4.79 Å². The molecule has 1 atom stereocenters. The van der Waals surface area contributed by atoms with Crippen LogP contribution in [0.1, 0.15) is 22.6 Å². The maximum atomic E-state index is 12.3. The lowest BCUT2D eigenvalue weighted by molar-refractivity contribution is -0.127. The Kier molecular flexibility index (Phi) is 4.47. The van der Waals surface area contributed by atoms with E-state index in [1.54, 1.807) is 17.4 Å². The Labute approximate surface area is 134 Å². The van der Waals surface area contributed by atoms with Crippen molar-refractivity contribution in [2.24, 2.45) is 0 Å². The standard InChI is InChI=1S/C16H21N3O2S/c1-12-4-5-14(22-12)6-7-15(20)18-9-2-3-13(11-18)19-10-8-17-16(19)21/h4-7,13H,2-3,8-11H2,1H3,(H,17,21)/b7-6+. The molecule has 1 N–H and O–H groups in total. The summed E-state index contributed by atoms with van der Waals surface area (Å²) in [6.07, 6.45) is 5.46. The van der Waals surface area contributed by atoms with Gasteiger partial charge in [0, 0.05) is 42.0 Å². The lowest BCUT2D eigenvalue weighted by Gasteiger charge is -2.36. The van der Waals surface area contributed by atoms with E-state index in [1.165, 1.54) is 4.88 Å². The van der Waals surface area contributed by atoms with E-state index in [2.05, 4.69) is 18.3 Å². The lowest BCUT2D eigenvalue weighted by Crippen LogP contribution is -2.50. The number of hydrogen-bond donors (Lipinski definition) is 1. The molecule has 6 heteroatoms. The van der Waals surface area contributed by atoms with Crippen LogP contribution in [0.5, 0.6) is 0 Å². The minimum absolute atomic E-state index is 0.00361. The summed E-state index contributed by atoms with van der Waals surface area (Å²) in [6.45, 7) is 4.93. The summed E-state index contributed by atoms with van der Waals surface area (Å²) in [4.78, 5) is 30.2. The predicted octanol–water partition coefficient (Wildman–Crippen LogP) is 2.09. The zero-order valence-corrected chi connectivity index (χ0v) is 13.6. The third-order valence-corrected chi connectivity index (χ3v) is 5.16. The molecular weight excluding hydrogens is 298 g/mol. The Hall–Kier alpha value is -1.82. The molecule has 2 aliphatic heterocycles. The van der Waals surface area contributed by atoms with Gasteiger partial charge in [0.15, 0.2) is 0 Å². The van der Waals surface area contributed by atoms with Crippen molar-refractivity contribution in [3.05, 3.63) is 28.0 Å². The third kappa shape index (κ3) is 3.32. The number of carbonyl (C=O) groups is 2. The zero-order valence-electron chi connectivity index (χ0n) is 12.7. The van der Waals surface area contributed by atoms with Gasteiger partial charge in [-0.25, -0.2) is 4.79 Å². The molecule has 3 rings (SSSR count). The van der Waals surface area contributed by atoms with Crippen molar-refractivity contribution in [2.75, 3.05) is 26.2 Å². The minimum atomic E-state index is 0.00361. The number of piperidine rings is 1. The Morgan fingerprint density at radius 3 is 2.95 bits per heavy atom. The number of aryl methyl sites for hydroxylation is 1.